The van der Waals surface area contributed by atoms with Gasteiger partial charge in [-0.05, 0) is 30.8 Å². The van der Waals surface area contributed by atoms with Gasteiger partial charge >= 0.3 is 0 Å². The van der Waals surface area contributed by atoms with Crippen molar-refractivity contribution in [3.8, 4) is 0 Å². The first kappa shape index (κ1) is 12.8. The Morgan fingerprint density at radius 3 is 3.26 bits per heavy atom. The van der Waals surface area contributed by atoms with E-state index in [0.29, 0.717) is 23.8 Å². The van der Waals surface area contributed by atoms with E-state index in [4.69, 9.17) is 5.73 Å². The van der Waals surface area contributed by atoms with E-state index in [2.05, 4.69) is 14.9 Å². The third-order valence-electron chi connectivity index (χ3n) is 3.74. The zero-order valence-corrected chi connectivity index (χ0v) is 11.6. The highest BCUT2D eigenvalue weighted by atomic mass is 32.1. The Morgan fingerprint density at radius 1 is 1.53 bits per heavy atom. The predicted octanol–water partition coefficient (Wildman–Crippen LogP) is 1.30. The van der Waals surface area contributed by atoms with Gasteiger partial charge in [-0.2, -0.15) is 0 Å². The van der Waals surface area contributed by atoms with Crippen molar-refractivity contribution in [1.82, 2.24) is 14.9 Å². The first-order chi connectivity index (χ1) is 9.28. The molecular formula is C13H18N4OS. The van der Waals surface area contributed by atoms with Crippen LogP contribution in [0.1, 0.15) is 25.1 Å². The van der Waals surface area contributed by atoms with Crippen LogP contribution >= 0.6 is 11.3 Å². The highest BCUT2D eigenvalue weighted by Gasteiger charge is 2.22. The Morgan fingerprint density at radius 2 is 2.42 bits per heavy atom. The van der Waals surface area contributed by atoms with Crippen molar-refractivity contribution in [2.24, 2.45) is 5.73 Å². The number of thiophene rings is 1. The van der Waals surface area contributed by atoms with Crippen LogP contribution in [-0.2, 0) is 6.54 Å². The van der Waals surface area contributed by atoms with Gasteiger partial charge in [0.2, 0.25) is 0 Å². The van der Waals surface area contributed by atoms with Gasteiger partial charge in [-0.3, -0.25) is 9.69 Å². The van der Waals surface area contributed by atoms with Gasteiger partial charge in [-0.15, -0.1) is 11.3 Å². The lowest BCUT2D eigenvalue weighted by Gasteiger charge is -2.34. The molecule has 0 aromatic carbocycles. The normalized spacial score (nSPS) is 21.0. The molecule has 1 aliphatic heterocycles. The molecule has 19 heavy (non-hydrogen) atoms. The molecule has 1 unspecified atom stereocenters. The van der Waals surface area contributed by atoms with Crippen LogP contribution in [0.25, 0.3) is 10.2 Å². The summed E-state index contributed by atoms with van der Waals surface area (Å²) in [6, 6.07) is 2.31. The van der Waals surface area contributed by atoms with Crippen molar-refractivity contribution < 1.29 is 0 Å². The largest absolute Gasteiger partial charge is 0.329 e. The van der Waals surface area contributed by atoms with Crippen molar-refractivity contribution in [2.45, 2.75) is 31.8 Å². The minimum absolute atomic E-state index is 0.0312. The average molecular weight is 278 g/mol. The van der Waals surface area contributed by atoms with Crippen LogP contribution in [0.5, 0.6) is 0 Å². The molecule has 6 heteroatoms. The molecule has 1 aliphatic rings. The number of aromatic amines is 1. The first-order valence-corrected chi connectivity index (χ1v) is 7.56. The first-order valence-electron chi connectivity index (χ1n) is 6.68. The Bertz CT molecular complexity index is 620. The number of hydrogen-bond donors (Lipinski definition) is 2. The molecule has 0 aliphatic carbocycles. The number of likely N-dealkylation sites (tertiary alicyclic amines) is 1. The third kappa shape index (κ3) is 2.56. The van der Waals surface area contributed by atoms with Gasteiger partial charge in [-0.1, -0.05) is 6.42 Å². The van der Waals surface area contributed by atoms with Gasteiger partial charge in [0.05, 0.1) is 12.1 Å². The third-order valence-corrected chi connectivity index (χ3v) is 4.64. The zero-order chi connectivity index (χ0) is 13.2. The summed E-state index contributed by atoms with van der Waals surface area (Å²) in [6.45, 7) is 2.39. The summed E-state index contributed by atoms with van der Waals surface area (Å²) in [6.07, 6.45) is 3.58. The van der Waals surface area contributed by atoms with Gasteiger partial charge in [-0.25, -0.2) is 4.98 Å². The molecule has 0 amide bonds. The summed E-state index contributed by atoms with van der Waals surface area (Å²) in [5.41, 5.74) is 6.58. The Kier molecular flexibility index (Phi) is 3.63. The fourth-order valence-electron chi connectivity index (χ4n) is 2.72. The van der Waals surface area contributed by atoms with E-state index >= 15 is 0 Å². The smallest absolute Gasteiger partial charge is 0.268 e. The number of nitrogens with two attached hydrogens (primary N) is 1. The Labute approximate surface area is 115 Å². The molecule has 5 nitrogen and oxygen atoms in total. The fraction of sp³-hybridized carbons (Fsp3) is 0.538. The van der Waals surface area contributed by atoms with Gasteiger partial charge in [0.1, 0.15) is 10.5 Å². The maximum atomic E-state index is 11.9. The number of rotatable bonds is 3. The van der Waals surface area contributed by atoms with E-state index in [-0.39, 0.29) is 5.56 Å². The molecule has 0 saturated carbocycles. The van der Waals surface area contributed by atoms with Crippen LogP contribution in [0.3, 0.4) is 0 Å². The fourth-order valence-corrected chi connectivity index (χ4v) is 3.45. The molecule has 1 fully saturated rings. The molecule has 1 saturated heterocycles. The van der Waals surface area contributed by atoms with Crippen molar-refractivity contribution in [2.75, 3.05) is 13.1 Å². The SMILES string of the molecule is NCC1CCCCN1Cc1nc2ccsc2c(=O)[nH]1. The lowest BCUT2D eigenvalue weighted by atomic mass is 10.0. The number of nitrogens with one attached hydrogen (secondary N) is 1. The van der Waals surface area contributed by atoms with E-state index in [1.165, 1.54) is 24.2 Å². The number of hydrogen-bond acceptors (Lipinski definition) is 5. The van der Waals surface area contributed by atoms with E-state index in [1.807, 2.05) is 11.4 Å². The summed E-state index contributed by atoms with van der Waals surface area (Å²) in [5.74, 6) is 0.747. The minimum atomic E-state index is -0.0312. The molecule has 0 bridgehead atoms. The molecule has 2 aromatic rings. The standard InChI is InChI=1S/C13H18N4OS/c14-7-9-3-1-2-5-17(9)8-11-15-10-4-6-19-12(10)13(18)16-11/h4,6,9H,1-3,5,7-8,14H2,(H,15,16,18). The van der Waals surface area contributed by atoms with E-state index in [0.717, 1.165) is 24.3 Å². The Balaban J connectivity index is 1.85. The lowest BCUT2D eigenvalue weighted by Crippen LogP contribution is -2.43. The van der Waals surface area contributed by atoms with Crippen molar-refractivity contribution in [3.63, 3.8) is 0 Å². The second kappa shape index (κ2) is 5.40. The molecular weight excluding hydrogens is 260 g/mol. The molecule has 3 N–H and O–H groups in total. The van der Waals surface area contributed by atoms with Gasteiger partial charge in [0.25, 0.3) is 5.56 Å². The van der Waals surface area contributed by atoms with Crippen LogP contribution in [0.4, 0.5) is 0 Å². The summed E-state index contributed by atoms with van der Waals surface area (Å²) in [4.78, 5) is 21.7. The predicted molar refractivity (Wildman–Crippen MR) is 77.3 cm³/mol. The van der Waals surface area contributed by atoms with E-state index in [9.17, 15) is 4.79 Å². The van der Waals surface area contributed by atoms with E-state index in [1.54, 1.807) is 0 Å². The highest BCUT2D eigenvalue weighted by Crippen LogP contribution is 2.19. The van der Waals surface area contributed by atoms with Crippen LogP contribution in [0, 0.1) is 0 Å². The second-order valence-corrected chi connectivity index (χ2v) is 5.92. The topological polar surface area (TPSA) is 75.0 Å². The molecule has 102 valence electrons. The number of nitrogens with zero attached hydrogens (tertiary/aromatic N) is 2. The second-order valence-electron chi connectivity index (χ2n) is 5.00. The minimum Gasteiger partial charge on any atom is -0.329 e. The molecule has 0 radical (unpaired) electrons. The van der Waals surface area contributed by atoms with Gasteiger partial charge in [0, 0.05) is 12.6 Å². The quantitative estimate of drug-likeness (QED) is 0.887. The average Bonchev–Trinajstić information content (AvgIpc) is 2.88. The summed E-state index contributed by atoms with van der Waals surface area (Å²) in [7, 11) is 0. The summed E-state index contributed by atoms with van der Waals surface area (Å²) < 4.78 is 0.706. The van der Waals surface area contributed by atoms with Gasteiger partial charge < -0.3 is 10.7 Å². The van der Waals surface area contributed by atoms with Crippen molar-refractivity contribution >= 4 is 21.6 Å². The van der Waals surface area contributed by atoms with E-state index < -0.39 is 0 Å². The number of piperidine rings is 1. The molecule has 0 spiro atoms. The molecule has 3 heterocycles. The maximum absolute atomic E-state index is 11.9. The zero-order valence-electron chi connectivity index (χ0n) is 10.8. The Hall–Kier alpha value is -1.24. The van der Waals surface area contributed by atoms with Crippen molar-refractivity contribution in [3.05, 3.63) is 27.6 Å². The number of fused-ring (bicyclic) bond motifs is 1. The maximum Gasteiger partial charge on any atom is 0.268 e. The van der Waals surface area contributed by atoms with Crippen LogP contribution in [-0.4, -0.2) is 34.0 Å². The molecule has 1 atom stereocenters. The van der Waals surface area contributed by atoms with Crippen LogP contribution in [0.2, 0.25) is 0 Å². The molecule has 2 aromatic heterocycles. The number of H-pyrrole nitrogens is 1. The van der Waals surface area contributed by atoms with Crippen molar-refractivity contribution in [1.29, 1.82) is 0 Å². The lowest BCUT2D eigenvalue weighted by molar-refractivity contribution is 0.141. The van der Waals surface area contributed by atoms with Crippen LogP contribution < -0.4 is 11.3 Å². The number of aromatic nitrogens is 2. The summed E-state index contributed by atoms with van der Waals surface area (Å²) in [5, 5.41) is 1.90. The highest BCUT2D eigenvalue weighted by molar-refractivity contribution is 7.17. The van der Waals surface area contributed by atoms with Crippen LogP contribution in [0.15, 0.2) is 16.2 Å². The van der Waals surface area contributed by atoms with Gasteiger partial charge in [0.15, 0.2) is 0 Å². The summed E-state index contributed by atoms with van der Waals surface area (Å²) >= 11 is 1.43. The monoisotopic (exact) mass is 278 g/mol. The molecule has 3 rings (SSSR count).